The first-order chi connectivity index (χ1) is 9.22. The summed E-state index contributed by atoms with van der Waals surface area (Å²) in [5.41, 5.74) is 1.97. The van der Waals surface area contributed by atoms with Crippen LogP contribution in [0.5, 0.6) is 0 Å². The Morgan fingerprint density at radius 2 is 2.05 bits per heavy atom. The Bertz CT molecular complexity index is 593. The van der Waals surface area contributed by atoms with Gasteiger partial charge in [-0.25, -0.2) is 4.98 Å². The van der Waals surface area contributed by atoms with Crippen LogP contribution in [0.25, 0.3) is 11.4 Å². The molecule has 0 aliphatic rings. The number of hydrogen-bond donors (Lipinski definition) is 1. The van der Waals surface area contributed by atoms with E-state index in [1.807, 2.05) is 17.8 Å². The quantitative estimate of drug-likeness (QED) is 0.666. The van der Waals surface area contributed by atoms with Crippen molar-refractivity contribution in [2.75, 3.05) is 12.9 Å². The molecule has 0 spiro atoms. The molecule has 0 saturated heterocycles. The lowest BCUT2D eigenvalue weighted by Gasteiger charge is -2.06. The van der Waals surface area contributed by atoms with Gasteiger partial charge in [0.15, 0.2) is 0 Å². The molecule has 0 radical (unpaired) electrons. The SMILES string of the molecule is CCSc1ccc(-c2nc(=S)cc(COC)[nH]2)cc1. The van der Waals surface area contributed by atoms with E-state index in [1.54, 1.807) is 7.11 Å². The van der Waals surface area contributed by atoms with Crippen LogP contribution in [0, 0.1) is 4.64 Å². The molecule has 1 heterocycles. The molecule has 19 heavy (non-hydrogen) atoms. The molecular formula is C14H16N2OS2. The van der Waals surface area contributed by atoms with Crippen molar-refractivity contribution in [1.82, 2.24) is 9.97 Å². The Labute approximate surface area is 122 Å². The predicted molar refractivity (Wildman–Crippen MR) is 82.0 cm³/mol. The standard InChI is InChI=1S/C14H16N2OS2/c1-3-19-12-6-4-10(5-7-12)14-15-11(9-17-2)8-13(18)16-14/h4-8H,3,9H2,1-2H3,(H,15,16,18). The predicted octanol–water partition coefficient (Wildman–Crippen LogP) is 4.06. The fourth-order valence-corrected chi connectivity index (χ4v) is 2.65. The van der Waals surface area contributed by atoms with Gasteiger partial charge >= 0.3 is 0 Å². The van der Waals surface area contributed by atoms with Crippen LogP contribution in [-0.2, 0) is 11.3 Å². The topological polar surface area (TPSA) is 37.9 Å². The van der Waals surface area contributed by atoms with Crippen molar-refractivity contribution in [1.29, 1.82) is 0 Å². The number of nitrogens with one attached hydrogen (secondary N) is 1. The summed E-state index contributed by atoms with van der Waals surface area (Å²) in [6.07, 6.45) is 0. The minimum absolute atomic E-state index is 0.503. The van der Waals surface area contributed by atoms with Gasteiger partial charge in [-0.05, 0) is 24.0 Å². The van der Waals surface area contributed by atoms with Gasteiger partial charge < -0.3 is 9.72 Å². The summed E-state index contributed by atoms with van der Waals surface area (Å²) >= 11 is 7.00. The van der Waals surface area contributed by atoms with Crippen molar-refractivity contribution in [3.05, 3.63) is 40.7 Å². The number of aromatic nitrogens is 2. The highest BCUT2D eigenvalue weighted by molar-refractivity contribution is 7.99. The summed E-state index contributed by atoms with van der Waals surface area (Å²) < 4.78 is 5.69. The second-order valence-corrected chi connectivity index (χ2v) is 5.74. The van der Waals surface area contributed by atoms with E-state index in [-0.39, 0.29) is 0 Å². The third kappa shape index (κ3) is 3.89. The highest BCUT2D eigenvalue weighted by Crippen LogP contribution is 2.22. The summed E-state index contributed by atoms with van der Waals surface area (Å²) in [6, 6.07) is 10.1. The van der Waals surface area contributed by atoms with E-state index in [2.05, 4.69) is 41.2 Å². The summed E-state index contributed by atoms with van der Waals surface area (Å²) in [4.78, 5) is 8.87. The van der Waals surface area contributed by atoms with Crippen molar-refractivity contribution in [3.8, 4) is 11.4 Å². The van der Waals surface area contributed by atoms with Gasteiger partial charge in [-0.3, -0.25) is 0 Å². The normalized spacial score (nSPS) is 10.6. The minimum atomic E-state index is 0.503. The van der Waals surface area contributed by atoms with Crippen LogP contribution in [0.3, 0.4) is 0 Å². The van der Waals surface area contributed by atoms with E-state index in [0.717, 1.165) is 22.8 Å². The first-order valence-electron chi connectivity index (χ1n) is 6.05. The highest BCUT2D eigenvalue weighted by atomic mass is 32.2. The van der Waals surface area contributed by atoms with E-state index < -0.39 is 0 Å². The number of nitrogens with zero attached hydrogens (tertiary/aromatic N) is 1. The molecule has 1 N–H and O–H groups in total. The van der Waals surface area contributed by atoms with E-state index in [1.165, 1.54) is 4.90 Å². The molecule has 0 atom stereocenters. The smallest absolute Gasteiger partial charge is 0.139 e. The summed E-state index contributed by atoms with van der Waals surface area (Å²) in [7, 11) is 1.66. The summed E-state index contributed by atoms with van der Waals surface area (Å²) in [5, 5.41) is 0. The molecule has 0 aliphatic carbocycles. The lowest BCUT2D eigenvalue weighted by atomic mass is 10.2. The lowest BCUT2D eigenvalue weighted by molar-refractivity contribution is 0.181. The second kappa shape index (κ2) is 6.84. The van der Waals surface area contributed by atoms with Gasteiger partial charge in [-0.15, -0.1) is 11.8 Å². The Balaban J connectivity index is 2.32. The van der Waals surface area contributed by atoms with Crippen molar-refractivity contribution >= 4 is 24.0 Å². The van der Waals surface area contributed by atoms with Gasteiger partial charge in [0.05, 0.1) is 6.61 Å². The minimum Gasteiger partial charge on any atom is -0.378 e. The first kappa shape index (κ1) is 14.2. The molecule has 0 bridgehead atoms. The van der Waals surface area contributed by atoms with Crippen LogP contribution in [0.1, 0.15) is 12.6 Å². The number of H-pyrrole nitrogens is 1. The zero-order valence-corrected chi connectivity index (χ0v) is 12.6. The molecule has 5 heteroatoms. The van der Waals surface area contributed by atoms with Gasteiger partial charge in [0.2, 0.25) is 0 Å². The second-order valence-electron chi connectivity index (χ2n) is 3.98. The molecule has 1 aromatic heterocycles. The molecule has 0 fully saturated rings. The molecular weight excluding hydrogens is 276 g/mol. The fourth-order valence-electron chi connectivity index (χ4n) is 1.75. The molecule has 1 aromatic carbocycles. The summed E-state index contributed by atoms with van der Waals surface area (Å²) in [5.74, 6) is 1.86. The molecule has 0 unspecified atom stereocenters. The third-order valence-corrected chi connectivity index (χ3v) is 3.64. The van der Waals surface area contributed by atoms with Gasteiger partial charge in [-0.2, -0.15) is 0 Å². The molecule has 0 saturated carbocycles. The van der Waals surface area contributed by atoms with Gasteiger partial charge in [0, 0.05) is 23.3 Å². The number of ether oxygens (including phenoxy) is 1. The average molecular weight is 292 g/mol. The Morgan fingerprint density at radius 3 is 2.68 bits per heavy atom. The number of benzene rings is 1. The van der Waals surface area contributed by atoms with Crippen molar-refractivity contribution in [3.63, 3.8) is 0 Å². The zero-order chi connectivity index (χ0) is 13.7. The van der Waals surface area contributed by atoms with E-state index in [0.29, 0.717) is 11.2 Å². The monoisotopic (exact) mass is 292 g/mol. The third-order valence-electron chi connectivity index (χ3n) is 2.54. The van der Waals surface area contributed by atoms with Crippen LogP contribution in [0.15, 0.2) is 35.2 Å². The number of hydrogen-bond acceptors (Lipinski definition) is 4. The average Bonchev–Trinajstić information content (AvgIpc) is 2.40. The molecule has 0 amide bonds. The molecule has 0 aliphatic heterocycles. The van der Waals surface area contributed by atoms with E-state index in [9.17, 15) is 0 Å². The number of aromatic amines is 1. The Kier molecular flexibility index (Phi) is 5.13. The van der Waals surface area contributed by atoms with Crippen LogP contribution < -0.4 is 0 Å². The fraction of sp³-hybridized carbons (Fsp3) is 0.286. The molecule has 100 valence electrons. The Hall–Kier alpha value is -1.17. The van der Waals surface area contributed by atoms with Crippen molar-refractivity contribution in [2.45, 2.75) is 18.4 Å². The first-order valence-corrected chi connectivity index (χ1v) is 7.44. The number of methoxy groups -OCH3 is 1. The maximum atomic E-state index is 5.18. The Morgan fingerprint density at radius 1 is 1.32 bits per heavy atom. The van der Waals surface area contributed by atoms with Crippen LogP contribution in [0.2, 0.25) is 0 Å². The maximum Gasteiger partial charge on any atom is 0.139 e. The van der Waals surface area contributed by atoms with E-state index >= 15 is 0 Å². The lowest BCUT2D eigenvalue weighted by Crippen LogP contribution is -1.97. The van der Waals surface area contributed by atoms with Crippen LogP contribution in [0.4, 0.5) is 0 Å². The zero-order valence-electron chi connectivity index (χ0n) is 11.0. The number of thioether (sulfide) groups is 1. The molecule has 3 nitrogen and oxygen atoms in total. The van der Waals surface area contributed by atoms with Gasteiger partial charge in [-0.1, -0.05) is 31.3 Å². The van der Waals surface area contributed by atoms with Crippen LogP contribution in [-0.4, -0.2) is 22.8 Å². The largest absolute Gasteiger partial charge is 0.378 e. The van der Waals surface area contributed by atoms with Gasteiger partial charge in [0.25, 0.3) is 0 Å². The van der Waals surface area contributed by atoms with Crippen molar-refractivity contribution in [2.24, 2.45) is 0 Å². The maximum absolute atomic E-state index is 5.18. The molecule has 2 rings (SSSR count). The number of rotatable bonds is 5. The molecule has 2 aromatic rings. The van der Waals surface area contributed by atoms with E-state index in [4.69, 9.17) is 17.0 Å². The highest BCUT2D eigenvalue weighted by Gasteiger charge is 2.03. The van der Waals surface area contributed by atoms with Crippen molar-refractivity contribution < 1.29 is 4.74 Å². The van der Waals surface area contributed by atoms with Crippen LogP contribution >= 0.6 is 24.0 Å². The summed E-state index contributed by atoms with van der Waals surface area (Å²) in [6.45, 7) is 2.65. The van der Waals surface area contributed by atoms with Gasteiger partial charge in [0.1, 0.15) is 10.5 Å².